The number of nitrogens with zero attached hydrogens (tertiary/aromatic N) is 2. The number of nitro groups is 1. The molecule has 0 aliphatic rings. The van der Waals surface area contributed by atoms with Gasteiger partial charge in [0.25, 0.3) is 0 Å². The van der Waals surface area contributed by atoms with Gasteiger partial charge in [0.1, 0.15) is 22.6 Å². The third-order valence-corrected chi connectivity index (χ3v) is 4.33. The molecule has 0 radical (unpaired) electrons. The first-order valence-electron chi connectivity index (χ1n) is 7.25. The molecule has 1 aromatic heterocycles. The monoisotopic (exact) mass is 361 g/mol. The summed E-state index contributed by atoms with van der Waals surface area (Å²) < 4.78 is 10.5. The largest absolute Gasteiger partial charge is 0.482 e. The lowest BCUT2D eigenvalue weighted by atomic mass is 10.1. The van der Waals surface area contributed by atoms with Gasteiger partial charge in [-0.3, -0.25) is 10.1 Å². The summed E-state index contributed by atoms with van der Waals surface area (Å²) >= 11 is 0.929. The van der Waals surface area contributed by atoms with E-state index in [4.69, 9.17) is 15.2 Å². The summed E-state index contributed by atoms with van der Waals surface area (Å²) in [7, 11) is 0. The highest BCUT2D eigenvalue weighted by molar-refractivity contribution is 7.18. The molecule has 0 aliphatic carbocycles. The number of aryl methyl sites for hydroxylation is 1. The van der Waals surface area contributed by atoms with Crippen LogP contribution in [0.4, 0.5) is 10.7 Å². The maximum atomic E-state index is 12.0. The molecule has 0 aliphatic heterocycles. The first kappa shape index (κ1) is 18.2. The van der Waals surface area contributed by atoms with E-state index in [-0.39, 0.29) is 45.7 Å². The van der Waals surface area contributed by atoms with E-state index in [1.165, 1.54) is 12.1 Å². The van der Waals surface area contributed by atoms with E-state index in [0.29, 0.717) is 0 Å². The molecule has 1 heterocycles. The molecule has 0 amide bonds. The average molecular weight is 361 g/mol. The Morgan fingerprint density at radius 3 is 2.80 bits per heavy atom. The lowest BCUT2D eigenvalue weighted by Crippen LogP contribution is -2.08. The lowest BCUT2D eigenvalue weighted by Gasteiger charge is -2.09. The number of ether oxygens (including phenoxy) is 2. The normalized spacial score (nSPS) is 10.1. The van der Waals surface area contributed by atoms with Crippen LogP contribution in [0, 0.1) is 28.4 Å². The number of rotatable bonds is 6. The van der Waals surface area contributed by atoms with Crippen molar-refractivity contribution in [2.45, 2.75) is 20.5 Å². The number of benzene rings is 1. The van der Waals surface area contributed by atoms with Gasteiger partial charge in [0.05, 0.1) is 17.1 Å². The molecule has 0 spiro atoms. The number of esters is 1. The molecule has 2 aromatic rings. The number of hydrogen-bond donors (Lipinski definition) is 1. The Hall–Kier alpha value is -3.12. The fourth-order valence-corrected chi connectivity index (χ4v) is 3.06. The van der Waals surface area contributed by atoms with E-state index in [1.807, 2.05) is 6.07 Å². The second kappa shape index (κ2) is 7.63. The van der Waals surface area contributed by atoms with Crippen LogP contribution in [0.2, 0.25) is 0 Å². The van der Waals surface area contributed by atoms with Crippen LogP contribution in [0.3, 0.4) is 0 Å². The van der Waals surface area contributed by atoms with Gasteiger partial charge in [-0.25, -0.2) is 4.79 Å². The van der Waals surface area contributed by atoms with Crippen LogP contribution in [0.1, 0.15) is 33.3 Å². The summed E-state index contributed by atoms with van der Waals surface area (Å²) in [5, 5.41) is 20.6. The minimum absolute atomic E-state index is 0.0495. The van der Waals surface area contributed by atoms with E-state index in [1.54, 1.807) is 19.9 Å². The Balaban J connectivity index is 2.38. The van der Waals surface area contributed by atoms with E-state index in [0.717, 1.165) is 16.9 Å². The first-order chi connectivity index (χ1) is 11.9. The molecule has 0 saturated heterocycles. The molecule has 25 heavy (non-hydrogen) atoms. The van der Waals surface area contributed by atoms with Crippen LogP contribution in [-0.2, 0) is 11.3 Å². The van der Waals surface area contributed by atoms with Gasteiger partial charge in [0.2, 0.25) is 0 Å². The van der Waals surface area contributed by atoms with Gasteiger partial charge < -0.3 is 15.2 Å². The van der Waals surface area contributed by atoms with E-state index in [9.17, 15) is 20.2 Å². The maximum Gasteiger partial charge on any atom is 0.348 e. The van der Waals surface area contributed by atoms with Crippen LogP contribution in [0.25, 0.3) is 0 Å². The van der Waals surface area contributed by atoms with Crippen LogP contribution in [-0.4, -0.2) is 17.5 Å². The van der Waals surface area contributed by atoms with Crippen LogP contribution >= 0.6 is 11.3 Å². The average Bonchev–Trinajstić information content (AvgIpc) is 2.88. The predicted molar refractivity (Wildman–Crippen MR) is 91.6 cm³/mol. The first-order valence-corrected chi connectivity index (χ1v) is 8.06. The second-order valence-electron chi connectivity index (χ2n) is 5.00. The smallest absolute Gasteiger partial charge is 0.348 e. The van der Waals surface area contributed by atoms with Gasteiger partial charge in [-0.2, -0.15) is 5.26 Å². The number of nitrogen functional groups attached to an aromatic ring is 1. The highest BCUT2D eigenvalue weighted by Gasteiger charge is 2.24. The zero-order chi connectivity index (χ0) is 18.6. The third-order valence-electron chi connectivity index (χ3n) is 3.29. The molecule has 0 unspecified atom stereocenters. The van der Waals surface area contributed by atoms with Crippen molar-refractivity contribution in [2.75, 3.05) is 12.3 Å². The Morgan fingerprint density at radius 2 is 2.20 bits per heavy atom. The van der Waals surface area contributed by atoms with Gasteiger partial charge in [0, 0.05) is 11.6 Å². The van der Waals surface area contributed by atoms with Crippen molar-refractivity contribution in [3.63, 3.8) is 0 Å². The minimum atomic E-state index is -0.613. The van der Waals surface area contributed by atoms with Gasteiger partial charge >= 0.3 is 11.7 Å². The maximum absolute atomic E-state index is 12.0. The number of thiophene rings is 1. The molecule has 2 N–H and O–H groups in total. The summed E-state index contributed by atoms with van der Waals surface area (Å²) in [6, 6.07) is 6.38. The van der Waals surface area contributed by atoms with Crippen LogP contribution < -0.4 is 10.5 Å². The van der Waals surface area contributed by atoms with Crippen molar-refractivity contribution in [1.82, 2.24) is 0 Å². The third kappa shape index (κ3) is 3.87. The summed E-state index contributed by atoms with van der Waals surface area (Å²) in [5.41, 5.74) is 6.73. The standard InChI is InChI=1S/C16H15N3O5S/c1-3-23-16(20)14-11(10(7-17)15(18)25-14)8-24-13-6-9(2)4-5-12(13)19(21)22/h4-6H,3,8,18H2,1-2H3. The molecule has 9 heteroatoms. The molecular formula is C16H15N3O5S. The number of carbonyl (C=O) groups is 1. The van der Waals surface area contributed by atoms with Gasteiger partial charge in [-0.05, 0) is 25.5 Å². The van der Waals surface area contributed by atoms with Gasteiger partial charge in [-0.15, -0.1) is 11.3 Å². The molecule has 0 saturated carbocycles. The van der Waals surface area contributed by atoms with Gasteiger partial charge in [-0.1, -0.05) is 6.07 Å². The SMILES string of the molecule is CCOC(=O)c1sc(N)c(C#N)c1COc1cc(C)ccc1[N+](=O)[O-]. The molecule has 8 nitrogen and oxygen atoms in total. The van der Waals surface area contributed by atoms with E-state index < -0.39 is 10.9 Å². The quantitative estimate of drug-likeness (QED) is 0.475. The van der Waals surface area contributed by atoms with Crippen molar-refractivity contribution in [2.24, 2.45) is 0 Å². The zero-order valence-electron chi connectivity index (χ0n) is 13.6. The molecule has 130 valence electrons. The lowest BCUT2D eigenvalue weighted by molar-refractivity contribution is -0.386. The Kier molecular flexibility index (Phi) is 5.56. The van der Waals surface area contributed by atoms with Crippen molar-refractivity contribution < 1.29 is 19.2 Å². The van der Waals surface area contributed by atoms with E-state index in [2.05, 4.69) is 0 Å². The highest BCUT2D eigenvalue weighted by atomic mass is 32.1. The summed E-state index contributed by atoms with van der Waals surface area (Å²) in [6.07, 6.45) is 0. The van der Waals surface area contributed by atoms with Crippen molar-refractivity contribution in [1.29, 1.82) is 5.26 Å². The molecule has 0 atom stereocenters. The van der Waals surface area contributed by atoms with Crippen molar-refractivity contribution in [3.05, 3.63) is 49.9 Å². The second-order valence-corrected chi connectivity index (χ2v) is 6.05. The van der Waals surface area contributed by atoms with E-state index >= 15 is 0 Å². The number of anilines is 1. The molecule has 2 rings (SSSR count). The van der Waals surface area contributed by atoms with Crippen molar-refractivity contribution >= 4 is 28.0 Å². The topological polar surface area (TPSA) is 128 Å². The number of carbonyl (C=O) groups excluding carboxylic acids is 1. The zero-order valence-corrected chi connectivity index (χ0v) is 14.4. The van der Waals surface area contributed by atoms with Crippen LogP contribution in [0.5, 0.6) is 5.75 Å². The Bertz CT molecular complexity index is 869. The number of nitriles is 1. The highest BCUT2D eigenvalue weighted by Crippen LogP contribution is 2.34. The molecular weight excluding hydrogens is 346 g/mol. The number of nitrogens with two attached hydrogens (primary N) is 1. The fraction of sp³-hybridized carbons (Fsp3) is 0.250. The summed E-state index contributed by atoms with van der Waals surface area (Å²) in [5.74, 6) is -0.563. The predicted octanol–water partition coefficient (Wildman–Crippen LogP) is 3.17. The minimum Gasteiger partial charge on any atom is -0.482 e. The number of hydrogen-bond acceptors (Lipinski definition) is 8. The van der Waals surface area contributed by atoms with Crippen LogP contribution in [0.15, 0.2) is 18.2 Å². The summed E-state index contributed by atoms with van der Waals surface area (Å²) in [4.78, 5) is 22.8. The summed E-state index contributed by atoms with van der Waals surface area (Å²) in [6.45, 7) is 3.38. The fourth-order valence-electron chi connectivity index (χ4n) is 2.14. The number of nitro benzene ring substituents is 1. The molecule has 0 bridgehead atoms. The van der Waals surface area contributed by atoms with Crippen molar-refractivity contribution in [3.8, 4) is 11.8 Å². The Morgan fingerprint density at radius 1 is 1.48 bits per heavy atom. The van der Waals surface area contributed by atoms with Gasteiger partial charge in [0.15, 0.2) is 5.75 Å². The molecule has 1 aromatic carbocycles. The Labute approximate surface area is 147 Å². The molecule has 0 fully saturated rings.